The fraction of sp³-hybridized carbons (Fsp3) is 0.583. The highest BCUT2D eigenvalue weighted by Gasteiger charge is 2.19. The Labute approximate surface area is 105 Å². The molecule has 2 aromatic heterocycles. The lowest BCUT2D eigenvalue weighted by molar-refractivity contribution is 0.397. The summed E-state index contributed by atoms with van der Waals surface area (Å²) in [6.07, 6.45) is 6.05. The van der Waals surface area contributed by atoms with Crippen LogP contribution in [0.2, 0.25) is 0 Å². The first-order valence-corrected chi connectivity index (χ1v) is 6.30. The number of aryl methyl sites for hydroxylation is 2. The quantitative estimate of drug-likeness (QED) is 0.784. The van der Waals surface area contributed by atoms with Crippen LogP contribution in [-0.2, 0) is 6.42 Å². The van der Waals surface area contributed by atoms with Gasteiger partial charge in [0, 0.05) is 12.5 Å². The Morgan fingerprint density at radius 3 is 3.00 bits per heavy atom. The Morgan fingerprint density at radius 2 is 2.28 bits per heavy atom. The molecule has 3 rings (SSSR count). The normalized spacial score (nSPS) is 15.2. The molecule has 1 fully saturated rings. The molecule has 0 bridgehead atoms. The maximum absolute atomic E-state index is 5.58. The minimum Gasteiger partial charge on any atom is -0.421 e. The van der Waals surface area contributed by atoms with Gasteiger partial charge in [0.05, 0.1) is 6.20 Å². The van der Waals surface area contributed by atoms with Gasteiger partial charge in [-0.1, -0.05) is 5.16 Å². The fourth-order valence-electron chi connectivity index (χ4n) is 1.80. The summed E-state index contributed by atoms with van der Waals surface area (Å²) in [5, 5.41) is 15.2. The lowest BCUT2D eigenvalue weighted by atomic mass is 10.3. The molecule has 0 spiro atoms. The van der Waals surface area contributed by atoms with Gasteiger partial charge in [-0.3, -0.25) is 0 Å². The van der Waals surface area contributed by atoms with Gasteiger partial charge in [-0.05, 0) is 32.7 Å². The third-order valence-electron chi connectivity index (χ3n) is 3.03. The highest BCUT2D eigenvalue weighted by Crippen LogP contribution is 2.21. The Kier molecular flexibility index (Phi) is 3.10. The summed E-state index contributed by atoms with van der Waals surface area (Å²) in [4.78, 5) is 0. The monoisotopic (exact) mass is 248 g/mol. The average molecular weight is 248 g/mol. The van der Waals surface area contributed by atoms with Crippen LogP contribution in [0.4, 0.5) is 0 Å². The number of nitrogens with zero attached hydrogens (tertiary/aromatic N) is 3. The van der Waals surface area contributed by atoms with Gasteiger partial charge in [0.2, 0.25) is 5.89 Å². The van der Waals surface area contributed by atoms with Crippen LogP contribution in [0.25, 0.3) is 11.5 Å². The molecule has 1 N–H and O–H groups in total. The fourth-order valence-corrected chi connectivity index (χ4v) is 1.80. The number of hydrogen-bond acceptors (Lipinski definition) is 6. The molecular formula is C12H16N4O2. The molecule has 0 aliphatic heterocycles. The van der Waals surface area contributed by atoms with E-state index in [9.17, 15) is 0 Å². The molecule has 2 heterocycles. The summed E-state index contributed by atoms with van der Waals surface area (Å²) >= 11 is 0. The minimum atomic E-state index is 0.485. The van der Waals surface area contributed by atoms with Gasteiger partial charge in [-0.15, -0.1) is 10.2 Å². The molecule has 0 radical (unpaired) electrons. The topological polar surface area (TPSA) is 77.0 Å². The van der Waals surface area contributed by atoms with Crippen molar-refractivity contribution >= 4 is 0 Å². The zero-order chi connectivity index (χ0) is 12.4. The lowest BCUT2D eigenvalue weighted by Crippen LogP contribution is -2.17. The van der Waals surface area contributed by atoms with E-state index in [1.54, 1.807) is 6.20 Å². The van der Waals surface area contributed by atoms with Crippen LogP contribution in [-0.4, -0.2) is 27.9 Å². The van der Waals surface area contributed by atoms with E-state index in [2.05, 4.69) is 20.7 Å². The average Bonchev–Trinajstić information content (AvgIpc) is 2.90. The van der Waals surface area contributed by atoms with Crippen LogP contribution in [0, 0.1) is 6.92 Å². The zero-order valence-corrected chi connectivity index (χ0v) is 10.3. The minimum absolute atomic E-state index is 0.485. The van der Waals surface area contributed by atoms with E-state index >= 15 is 0 Å². The molecule has 0 amide bonds. The van der Waals surface area contributed by atoms with E-state index in [-0.39, 0.29) is 0 Å². The van der Waals surface area contributed by atoms with E-state index in [4.69, 9.17) is 8.94 Å². The second kappa shape index (κ2) is 4.89. The van der Waals surface area contributed by atoms with Gasteiger partial charge in [-0.2, -0.15) is 0 Å². The van der Waals surface area contributed by atoms with Crippen LogP contribution in [0.1, 0.15) is 30.9 Å². The van der Waals surface area contributed by atoms with E-state index in [0.717, 1.165) is 31.0 Å². The Hall–Kier alpha value is -1.69. The zero-order valence-electron chi connectivity index (χ0n) is 10.3. The van der Waals surface area contributed by atoms with Gasteiger partial charge in [0.15, 0.2) is 0 Å². The van der Waals surface area contributed by atoms with Crippen molar-refractivity contribution in [2.24, 2.45) is 0 Å². The largest absolute Gasteiger partial charge is 0.421 e. The smallest absolute Gasteiger partial charge is 0.252 e. The van der Waals surface area contributed by atoms with Crippen LogP contribution in [0.5, 0.6) is 0 Å². The molecule has 0 unspecified atom stereocenters. The molecule has 1 aliphatic rings. The van der Waals surface area contributed by atoms with Crippen molar-refractivity contribution in [2.45, 2.75) is 38.6 Å². The van der Waals surface area contributed by atoms with Gasteiger partial charge < -0.3 is 14.3 Å². The first-order chi connectivity index (χ1) is 8.83. The number of hydrogen-bond donors (Lipinski definition) is 1. The van der Waals surface area contributed by atoms with Gasteiger partial charge in [-0.25, -0.2) is 0 Å². The Bertz CT molecular complexity index is 516. The predicted octanol–water partition coefficient (Wildman–Crippen LogP) is 1.72. The van der Waals surface area contributed by atoms with Crippen molar-refractivity contribution in [3.8, 4) is 11.5 Å². The first-order valence-electron chi connectivity index (χ1n) is 6.30. The number of rotatable bonds is 6. The standard InChI is InChI=1S/C12H16N4O2/c1-8-10(7-14-18-8)12-16-15-11(17-12)3-2-6-13-9-4-5-9/h7,9,13H,2-6H2,1H3. The molecule has 0 aromatic carbocycles. The van der Waals surface area contributed by atoms with Crippen molar-refractivity contribution in [3.05, 3.63) is 17.8 Å². The Balaban J connectivity index is 1.54. The van der Waals surface area contributed by atoms with Crippen LogP contribution in [0.15, 0.2) is 15.1 Å². The highest BCUT2D eigenvalue weighted by atomic mass is 16.5. The molecule has 0 atom stereocenters. The molecule has 6 nitrogen and oxygen atoms in total. The summed E-state index contributed by atoms with van der Waals surface area (Å²) < 4.78 is 10.6. The summed E-state index contributed by atoms with van der Waals surface area (Å²) in [6, 6.07) is 0.753. The molecular weight excluding hydrogens is 232 g/mol. The number of aromatic nitrogens is 3. The van der Waals surface area contributed by atoms with E-state index in [1.807, 2.05) is 6.92 Å². The molecule has 1 saturated carbocycles. The maximum Gasteiger partial charge on any atom is 0.252 e. The summed E-state index contributed by atoms with van der Waals surface area (Å²) in [5.41, 5.74) is 0.768. The maximum atomic E-state index is 5.58. The van der Waals surface area contributed by atoms with Gasteiger partial charge in [0.25, 0.3) is 5.89 Å². The van der Waals surface area contributed by atoms with Crippen molar-refractivity contribution in [1.82, 2.24) is 20.7 Å². The third-order valence-corrected chi connectivity index (χ3v) is 3.03. The van der Waals surface area contributed by atoms with Crippen LogP contribution in [0.3, 0.4) is 0 Å². The van der Waals surface area contributed by atoms with Crippen molar-refractivity contribution in [1.29, 1.82) is 0 Å². The van der Waals surface area contributed by atoms with Gasteiger partial charge in [0.1, 0.15) is 11.3 Å². The van der Waals surface area contributed by atoms with Crippen LogP contribution < -0.4 is 5.32 Å². The summed E-state index contributed by atoms with van der Waals surface area (Å²) in [7, 11) is 0. The van der Waals surface area contributed by atoms with Gasteiger partial charge >= 0.3 is 0 Å². The Morgan fingerprint density at radius 1 is 1.39 bits per heavy atom. The molecule has 0 saturated heterocycles. The van der Waals surface area contributed by atoms with E-state index in [0.29, 0.717) is 17.5 Å². The van der Waals surface area contributed by atoms with E-state index < -0.39 is 0 Å². The molecule has 1 aliphatic carbocycles. The van der Waals surface area contributed by atoms with Crippen molar-refractivity contribution in [2.75, 3.05) is 6.54 Å². The second-order valence-corrected chi connectivity index (χ2v) is 4.63. The molecule has 96 valence electrons. The highest BCUT2D eigenvalue weighted by molar-refractivity contribution is 5.52. The van der Waals surface area contributed by atoms with Crippen LogP contribution >= 0.6 is 0 Å². The first kappa shape index (κ1) is 11.4. The summed E-state index contributed by atoms with van der Waals surface area (Å²) in [5.74, 6) is 1.85. The third kappa shape index (κ3) is 2.59. The van der Waals surface area contributed by atoms with Crippen molar-refractivity contribution in [3.63, 3.8) is 0 Å². The predicted molar refractivity (Wildman–Crippen MR) is 63.9 cm³/mol. The second-order valence-electron chi connectivity index (χ2n) is 4.63. The van der Waals surface area contributed by atoms with E-state index in [1.165, 1.54) is 12.8 Å². The SMILES string of the molecule is Cc1oncc1-c1nnc(CCCNC2CC2)o1. The lowest BCUT2D eigenvalue weighted by Gasteiger charge is -1.99. The molecule has 2 aromatic rings. The molecule has 18 heavy (non-hydrogen) atoms. The summed E-state index contributed by atoms with van der Waals surface area (Å²) in [6.45, 7) is 2.83. The molecule has 6 heteroatoms. The van der Waals surface area contributed by atoms with Crippen molar-refractivity contribution < 1.29 is 8.94 Å². The number of nitrogens with one attached hydrogen (secondary N) is 1.